The lowest BCUT2D eigenvalue weighted by atomic mass is 9.76. The SMILES string of the molecule is CCCCCCCCOC(=O)[C@H]1NC2CCC1CC2. The third-order valence-electron chi connectivity index (χ3n) is 4.65. The van der Waals surface area contributed by atoms with Gasteiger partial charge >= 0.3 is 5.97 Å². The van der Waals surface area contributed by atoms with Crippen molar-refractivity contribution in [2.24, 2.45) is 5.92 Å². The number of hydrogen-bond donors (Lipinski definition) is 1. The van der Waals surface area contributed by atoms with E-state index in [4.69, 9.17) is 4.74 Å². The summed E-state index contributed by atoms with van der Waals surface area (Å²) < 4.78 is 5.44. The molecule has 1 saturated carbocycles. The van der Waals surface area contributed by atoms with Crippen LogP contribution in [0.25, 0.3) is 0 Å². The number of fused-ring (bicyclic) bond motifs is 3. The largest absolute Gasteiger partial charge is 0.465 e. The summed E-state index contributed by atoms with van der Waals surface area (Å²) in [5.74, 6) is 0.532. The minimum absolute atomic E-state index is 0.00274. The van der Waals surface area contributed by atoms with Gasteiger partial charge in [0.05, 0.1) is 6.61 Å². The molecule has 3 rings (SSSR count). The van der Waals surface area contributed by atoms with Gasteiger partial charge in [-0.2, -0.15) is 0 Å². The monoisotopic (exact) mass is 267 g/mol. The van der Waals surface area contributed by atoms with Crippen LogP contribution in [0.2, 0.25) is 0 Å². The average Bonchev–Trinajstić information content (AvgIpc) is 2.47. The van der Waals surface area contributed by atoms with Gasteiger partial charge in [0.2, 0.25) is 0 Å². The van der Waals surface area contributed by atoms with E-state index >= 15 is 0 Å². The number of carbonyl (C=O) groups is 1. The fourth-order valence-electron chi connectivity index (χ4n) is 3.41. The molecule has 3 heteroatoms. The van der Waals surface area contributed by atoms with Crippen LogP contribution in [0.15, 0.2) is 0 Å². The number of hydrogen-bond acceptors (Lipinski definition) is 3. The molecule has 0 spiro atoms. The molecule has 1 aliphatic carbocycles. The highest BCUT2D eigenvalue weighted by Crippen LogP contribution is 2.33. The number of carbonyl (C=O) groups excluding carboxylic acids is 1. The maximum atomic E-state index is 12.0. The second-order valence-corrected chi connectivity index (χ2v) is 6.19. The van der Waals surface area contributed by atoms with Crippen molar-refractivity contribution in [2.45, 2.75) is 83.2 Å². The van der Waals surface area contributed by atoms with Crippen LogP contribution in [0.4, 0.5) is 0 Å². The molecule has 1 N–H and O–H groups in total. The number of unbranched alkanes of at least 4 members (excludes halogenated alkanes) is 5. The van der Waals surface area contributed by atoms with Crippen LogP contribution in [0.3, 0.4) is 0 Å². The zero-order chi connectivity index (χ0) is 13.5. The van der Waals surface area contributed by atoms with E-state index in [1.54, 1.807) is 0 Å². The van der Waals surface area contributed by atoms with Crippen LogP contribution in [0.5, 0.6) is 0 Å². The second kappa shape index (κ2) is 7.88. The van der Waals surface area contributed by atoms with Crippen LogP contribution < -0.4 is 5.32 Å². The van der Waals surface area contributed by atoms with E-state index in [1.807, 2.05) is 0 Å². The molecule has 0 radical (unpaired) electrons. The van der Waals surface area contributed by atoms with Crippen molar-refractivity contribution in [1.29, 1.82) is 0 Å². The highest BCUT2D eigenvalue weighted by atomic mass is 16.5. The van der Waals surface area contributed by atoms with Crippen LogP contribution in [-0.2, 0) is 9.53 Å². The van der Waals surface area contributed by atoms with E-state index in [0.717, 1.165) is 6.42 Å². The Labute approximate surface area is 117 Å². The standard InChI is InChI=1S/C16H29NO2/c1-2-3-4-5-6-7-12-19-16(18)15-13-8-10-14(17-15)11-9-13/h13-15,17H,2-12H2,1H3/t13?,14?,15-/m0/s1. The number of esters is 1. The first kappa shape index (κ1) is 14.8. The first-order valence-corrected chi connectivity index (χ1v) is 8.24. The van der Waals surface area contributed by atoms with Crippen molar-refractivity contribution >= 4 is 5.97 Å². The van der Waals surface area contributed by atoms with Crippen molar-refractivity contribution in [3.63, 3.8) is 0 Å². The lowest BCUT2D eigenvalue weighted by Gasteiger charge is -2.42. The van der Waals surface area contributed by atoms with Gasteiger partial charge in [-0.05, 0) is 38.0 Å². The predicted molar refractivity (Wildman–Crippen MR) is 77.0 cm³/mol. The summed E-state index contributed by atoms with van der Waals surface area (Å²) in [6.07, 6.45) is 12.3. The van der Waals surface area contributed by atoms with E-state index in [1.165, 1.54) is 57.8 Å². The molecule has 0 amide bonds. The van der Waals surface area contributed by atoms with Gasteiger partial charge < -0.3 is 10.1 Å². The van der Waals surface area contributed by atoms with E-state index in [-0.39, 0.29) is 12.0 Å². The van der Waals surface area contributed by atoms with Crippen molar-refractivity contribution in [1.82, 2.24) is 5.32 Å². The normalized spacial score (nSPS) is 29.4. The Hall–Kier alpha value is -0.570. The summed E-state index contributed by atoms with van der Waals surface area (Å²) in [7, 11) is 0. The third kappa shape index (κ3) is 4.48. The summed E-state index contributed by atoms with van der Waals surface area (Å²) in [4.78, 5) is 12.0. The molecule has 2 heterocycles. The molecule has 3 nitrogen and oxygen atoms in total. The fourth-order valence-corrected chi connectivity index (χ4v) is 3.41. The van der Waals surface area contributed by atoms with E-state index in [0.29, 0.717) is 18.6 Å². The van der Waals surface area contributed by atoms with Crippen LogP contribution in [0, 0.1) is 5.92 Å². The number of piperidine rings is 2. The van der Waals surface area contributed by atoms with Crippen LogP contribution in [-0.4, -0.2) is 24.7 Å². The van der Waals surface area contributed by atoms with Gasteiger partial charge in [0, 0.05) is 6.04 Å². The summed E-state index contributed by atoms with van der Waals surface area (Å²) in [5.41, 5.74) is 0. The first-order valence-electron chi connectivity index (χ1n) is 8.24. The summed E-state index contributed by atoms with van der Waals surface area (Å²) >= 11 is 0. The molecule has 0 aromatic rings. The van der Waals surface area contributed by atoms with Crippen LogP contribution in [0.1, 0.15) is 71.1 Å². The minimum Gasteiger partial charge on any atom is -0.465 e. The molecule has 3 aliphatic rings. The van der Waals surface area contributed by atoms with Gasteiger partial charge in [-0.1, -0.05) is 39.0 Å². The highest BCUT2D eigenvalue weighted by molar-refractivity contribution is 5.76. The Morgan fingerprint density at radius 2 is 1.74 bits per heavy atom. The highest BCUT2D eigenvalue weighted by Gasteiger charge is 2.39. The zero-order valence-electron chi connectivity index (χ0n) is 12.3. The molecule has 110 valence electrons. The van der Waals surface area contributed by atoms with E-state index < -0.39 is 0 Å². The molecule has 1 atom stereocenters. The Balaban J connectivity index is 1.55. The maximum Gasteiger partial charge on any atom is 0.323 e. The molecule has 0 aromatic carbocycles. The molecule has 0 unspecified atom stereocenters. The Bertz CT molecular complexity index is 272. The molecular formula is C16H29NO2. The average molecular weight is 267 g/mol. The minimum atomic E-state index is -0.00686. The second-order valence-electron chi connectivity index (χ2n) is 6.19. The molecule has 0 aromatic heterocycles. The zero-order valence-corrected chi connectivity index (χ0v) is 12.3. The number of ether oxygens (including phenoxy) is 1. The van der Waals surface area contributed by atoms with Gasteiger partial charge in [-0.15, -0.1) is 0 Å². The first-order chi connectivity index (χ1) is 9.31. The van der Waals surface area contributed by atoms with Crippen molar-refractivity contribution in [3.8, 4) is 0 Å². The topological polar surface area (TPSA) is 38.3 Å². The van der Waals surface area contributed by atoms with Gasteiger partial charge in [0.25, 0.3) is 0 Å². The molecule has 19 heavy (non-hydrogen) atoms. The summed E-state index contributed by atoms with van der Waals surface area (Å²) in [5, 5.41) is 3.45. The Morgan fingerprint density at radius 3 is 2.37 bits per heavy atom. The van der Waals surface area contributed by atoms with Crippen molar-refractivity contribution in [2.75, 3.05) is 6.61 Å². The van der Waals surface area contributed by atoms with Crippen molar-refractivity contribution in [3.05, 3.63) is 0 Å². The Morgan fingerprint density at radius 1 is 1.05 bits per heavy atom. The smallest absolute Gasteiger partial charge is 0.323 e. The van der Waals surface area contributed by atoms with Crippen molar-refractivity contribution < 1.29 is 9.53 Å². The lowest BCUT2D eigenvalue weighted by Crippen LogP contribution is -2.56. The number of rotatable bonds is 8. The maximum absolute atomic E-state index is 12.0. The Kier molecular flexibility index (Phi) is 6.15. The van der Waals surface area contributed by atoms with Gasteiger partial charge in [0.1, 0.15) is 6.04 Å². The van der Waals surface area contributed by atoms with E-state index in [2.05, 4.69) is 12.2 Å². The molecule has 2 saturated heterocycles. The summed E-state index contributed by atoms with van der Waals surface area (Å²) in [6, 6.07) is 0.559. The van der Waals surface area contributed by atoms with Gasteiger partial charge in [-0.25, -0.2) is 0 Å². The predicted octanol–water partition coefficient (Wildman–Crippen LogP) is 3.42. The molecule has 2 bridgehead atoms. The molecule has 3 fully saturated rings. The lowest BCUT2D eigenvalue weighted by molar-refractivity contribution is -0.150. The molecular weight excluding hydrogens is 238 g/mol. The summed E-state index contributed by atoms with van der Waals surface area (Å²) in [6.45, 7) is 2.84. The van der Waals surface area contributed by atoms with Gasteiger partial charge in [-0.3, -0.25) is 4.79 Å². The molecule has 2 aliphatic heterocycles. The van der Waals surface area contributed by atoms with E-state index in [9.17, 15) is 4.79 Å². The number of nitrogens with one attached hydrogen (secondary N) is 1. The quantitative estimate of drug-likeness (QED) is 0.541. The van der Waals surface area contributed by atoms with Crippen LogP contribution >= 0.6 is 0 Å². The van der Waals surface area contributed by atoms with Gasteiger partial charge in [0.15, 0.2) is 0 Å². The fraction of sp³-hybridized carbons (Fsp3) is 0.938. The third-order valence-corrected chi connectivity index (χ3v) is 4.65.